The van der Waals surface area contributed by atoms with Gasteiger partial charge in [-0.05, 0) is 49.7 Å². The summed E-state index contributed by atoms with van der Waals surface area (Å²) in [6, 6.07) is 21.1. The van der Waals surface area contributed by atoms with E-state index in [1.54, 1.807) is 43.8 Å². The minimum atomic E-state index is -3.83. The Morgan fingerprint density at radius 2 is 1.75 bits per heavy atom. The minimum absolute atomic E-state index is 0.197. The van der Waals surface area contributed by atoms with Crippen LogP contribution in [0.3, 0.4) is 0 Å². The van der Waals surface area contributed by atoms with E-state index in [-0.39, 0.29) is 16.4 Å². The van der Waals surface area contributed by atoms with E-state index < -0.39 is 21.7 Å². The quantitative estimate of drug-likeness (QED) is 0.454. The fourth-order valence-electron chi connectivity index (χ4n) is 5.26. The normalized spacial score (nSPS) is 19.2. The van der Waals surface area contributed by atoms with Gasteiger partial charge in [-0.2, -0.15) is 0 Å². The third-order valence-corrected chi connectivity index (χ3v) is 9.94. The molecule has 1 atom stereocenters. The number of fused-ring (bicyclic) bond motifs is 4. The molecule has 0 aromatic heterocycles. The van der Waals surface area contributed by atoms with Gasteiger partial charge in [0.15, 0.2) is 0 Å². The average Bonchev–Trinajstić information content (AvgIpc) is 3.09. The van der Waals surface area contributed by atoms with Gasteiger partial charge in [0.25, 0.3) is 0 Å². The Hall–Kier alpha value is -3.49. The van der Waals surface area contributed by atoms with Crippen molar-refractivity contribution in [2.45, 2.75) is 34.5 Å². The molecule has 0 saturated carbocycles. The third kappa shape index (κ3) is 3.24. The van der Waals surface area contributed by atoms with Crippen LogP contribution in [0.25, 0.3) is 5.70 Å². The number of carbonyl (C=O) groups is 1. The summed E-state index contributed by atoms with van der Waals surface area (Å²) in [6.07, 6.45) is 0. The second-order valence-corrected chi connectivity index (χ2v) is 11.9. The molecule has 0 radical (unpaired) electrons. The molecule has 3 aromatic rings. The Kier molecular flexibility index (Phi) is 5.28. The summed E-state index contributed by atoms with van der Waals surface area (Å²) in [4.78, 5) is 17.9. The number of sulfone groups is 1. The number of dihydropyridines is 1. The van der Waals surface area contributed by atoms with E-state index in [4.69, 9.17) is 4.74 Å². The average molecular weight is 517 g/mol. The molecule has 0 aliphatic carbocycles. The number of hydrogen-bond donors (Lipinski definition) is 1. The van der Waals surface area contributed by atoms with E-state index in [0.29, 0.717) is 22.5 Å². The van der Waals surface area contributed by atoms with Crippen molar-refractivity contribution in [2.24, 2.45) is 0 Å². The van der Waals surface area contributed by atoms with E-state index >= 15 is 0 Å². The molecule has 3 aliphatic heterocycles. The molecule has 36 heavy (non-hydrogen) atoms. The first kappa shape index (κ1) is 22.9. The van der Waals surface area contributed by atoms with E-state index in [9.17, 15) is 13.2 Å². The molecule has 0 spiro atoms. The molecule has 6 nitrogen and oxygen atoms in total. The second-order valence-electron chi connectivity index (χ2n) is 8.91. The molecule has 0 fully saturated rings. The predicted molar refractivity (Wildman–Crippen MR) is 141 cm³/mol. The summed E-state index contributed by atoms with van der Waals surface area (Å²) in [5.41, 5.74) is 4.96. The maximum atomic E-state index is 13.9. The summed E-state index contributed by atoms with van der Waals surface area (Å²) in [5.74, 6) is -1.30. The summed E-state index contributed by atoms with van der Waals surface area (Å²) in [6.45, 7) is 3.74. The number of hydrogen-bond acceptors (Lipinski definition) is 7. The minimum Gasteiger partial charge on any atom is -0.463 e. The molecule has 3 heterocycles. The molecule has 8 heteroatoms. The molecule has 1 unspecified atom stereocenters. The summed E-state index contributed by atoms with van der Waals surface area (Å²) >= 11 is 1.64. The first-order valence-corrected chi connectivity index (χ1v) is 14.0. The van der Waals surface area contributed by atoms with Crippen LogP contribution in [0, 0.1) is 0 Å². The lowest BCUT2D eigenvalue weighted by Gasteiger charge is -2.32. The molecule has 6 rings (SSSR count). The molecule has 0 bridgehead atoms. The standard InChI is InChI=1S/C28H24N2O4S2/c1-4-34-28(31)24-16(2)29-26-18-9-5-8-12-23(18)36(32,33)27(26)25(24)17-13-14-20-22(15-17)35-21-11-7-6-10-19(21)30(20)3/h5-15,25,29H,4H2,1-3H3. The molecular formula is C28H24N2O4S2. The van der Waals surface area contributed by atoms with Gasteiger partial charge in [-0.3, -0.25) is 0 Å². The highest BCUT2D eigenvalue weighted by molar-refractivity contribution is 7.99. The van der Waals surface area contributed by atoms with Gasteiger partial charge >= 0.3 is 5.97 Å². The van der Waals surface area contributed by atoms with Gasteiger partial charge in [0.05, 0.1) is 45.0 Å². The van der Waals surface area contributed by atoms with Crippen molar-refractivity contribution in [3.05, 3.63) is 94.0 Å². The van der Waals surface area contributed by atoms with Gasteiger partial charge in [-0.15, -0.1) is 0 Å². The lowest BCUT2D eigenvalue weighted by atomic mass is 9.85. The highest BCUT2D eigenvalue weighted by Crippen LogP contribution is 2.53. The Bertz CT molecular complexity index is 1620. The second kappa shape index (κ2) is 8.28. The van der Waals surface area contributed by atoms with Crippen LogP contribution >= 0.6 is 11.8 Å². The van der Waals surface area contributed by atoms with Crippen LogP contribution in [0.4, 0.5) is 11.4 Å². The fraction of sp³-hybridized carbons (Fsp3) is 0.179. The summed E-state index contributed by atoms with van der Waals surface area (Å²) in [7, 11) is -1.81. The number of anilines is 2. The molecule has 0 amide bonds. The Morgan fingerprint density at radius 3 is 2.56 bits per heavy atom. The monoisotopic (exact) mass is 516 g/mol. The topological polar surface area (TPSA) is 75.7 Å². The largest absolute Gasteiger partial charge is 0.463 e. The Labute approximate surface area is 214 Å². The van der Waals surface area contributed by atoms with Crippen molar-refractivity contribution in [2.75, 3.05) is 18.6 Å². The van der Waals surface area contributed by atoms with Crippen LogP contribution in [-0.2, 0) is 19.4 Å². The zero-order valence-electron chi connectivity index (χ0n) is 20.0. The highest BCUT2D eigenvalue weighted by Gasteiger charge is 2.46. The molecule has 0 saturated heterocycles. The third-order valence-electron chi connectivity index (χ3n) is 6.87. The molecule has 3 aromatic carbocycles. The van der Waals surface area contributed by atoms with Crippen molar-refractivity contribution >= 4 is 44.6 Å². The van der Waals surface area contributed by atoms with Gasteiger partial charge in [0.2, 0.25) is 9.84 Å². The predicted octanol–water partition coefficient (Wildman–Crippen LogP) is 5.60. The highest BCUT2D eigenvalue weighted by atomic mass is 32.2. The van der Waals surface area contributed by atoms with Gasteiger partial charge in [0.1, 0.15) is 0 Å². The van der Waals surface area contributed by atoms with Crippen LogP contribution in [0.2, 0.25) is 0 Å². The SMILES string of the molecule is CCOC(=O)C1=C(C)NC2=C(C1c1ccc3c(c1)Sc1ccccc1N3C)S(=O)(=O)c1ccccc12. The Balaban J connectivity index is 1.55. The number of nitrogens with zero attached hydrogens (tertiary/aromatic N) is 1. The van der Waals surface area contributed by atoms with Crippen molar-refractivity contribution in [3.63, 3.8) is 0 Å². The van der Waals surface area contributed by atoms with E-state index in [1.807, 2.05) is 43.4 Å². The first-order valence-electron chi connectivity index (χ1n) is 11.7. The van der Waals surface area contributed by atoms with Crippen molar-refractivity contribution < 1.29 is 17.9 Å². The van der Waals surface area contributed by atoms with Crippen molar-refractivity contribution in [1.29, 1.82) is 0 Å². The zero-order chi connectivity index (χ0) is 25.2. The maximum Gasteiger partial charge on any atom is 0.336 e. The van der Waals surface area contributed by atoms with Gasteiger partial charge in [-0.25, -0.2) is 13.2 Å². The lowest BCUT2D eigenvalue weighted by Crippen LogP contribution is -2.29. The fourth-order valence-corrected chi connectivity index (χ4v) is 8.41. The van der Waals surface area contributed by atoms with E-state index in [1.165, 1.54) is 0 Å². The smallest absolute Gasteiger partial charge is 0.336 e. The van der Waals surface area contributed by atoms with E-state index in [0.717, 1.165) is 26.7 Å². The number of ether oxygens (including phenoxy) is 1. The molecular weight excluding hydrogens is 492 g/mol. The number of carbonyl (C=O) groups excluding carboxylic acids is 1. The first-order chi connectivity index (χ1) is 17.3. The lowest BCUT2D eigenvalue weighted by molar-refractivity contribution is -0.138. The van der Waals surface area contributed by atoms with Crippen LogP contribution in [-0.4, -0.2) is 28.0 Å². The molecule has 1 N–H and O–H groups in total. The number of nitrogens with one attached hydrogen (secondary N) is 1. The van der Waals surface area contributed by atoms with Crippen LogP contribution in [0.15, 0.2) is 97.6 Å². The molecule has 3 aliphatic rings. The number of rotatable bonds is 3. The number of para-hydroxylation sites is 1. The number of esters is 1. The van der Waals surface area contributed by atoms with Gasteiger partial charge < -0.3 is 15.0 Å². The number of allylic oxidation sites excluding steroid dienone is 2. The van der Waals surface area contributed by atoms with Gasteiger partial charge in [0, 0.05) is 28.1 Å². The maximum absolute atomic E-state index is 13.9. The van der Waals surface area contributed by atoms with Crippen molar-refractivity contribution in [1.82, 2.24) is 5.32 Å². The molecule has 182 valence electrons. The van der Waals surface area contributed by atoms with Crippen molar-refractivity contribution in [3.8, 4) is 0 Å². The van der Waals surface area contributed by atoms with Crippen LogP contribution in [0.1, 0.15) is 30.9 Å². The van der Waals surface area contributed by atoms with Crippen LogP contribution < -0.4 is 10.2 Å². The van der Waals surface area contributed by atoms with Crippen LogP contribution in [0.5, 0.6) is 0 Å². The Morgan fingerprint density at radius 1 is 1.03 bits per heavy atom. The van der Waals surface area contributed by atoms with E-state index in [2.05, 4.69) is 22.3 Å². The van der Waals surface area contributed by atoms with Gasteiger partial charge in [-0.1, -0.05) is 48.2 Å². The summed E-state index contributed by atoms with van der Waals surface area (Å²) in [5, 5.41) is 3.23. The number of benzene rings is 3. The summed E-state index contributed by atoms with van der Waals surface area (Å²) < 4.78 is 33.1. The zero-order valence-corrected chi connectivity index (χ0v) is 21.7.